The van der Waals surface area contributed by atoms with E-state index < -0.39 is 6.04 Å². The number of hydrogen-bond acceptors (Lipinski definition) is 6. The van der Waals surface area contributed by atoms with E-state index in [1.165, 1.54) is 5.56 Å². The van der Waals surface area contributed by atoms with E-state index >= 15 is 0 Å². The molecular weight excluding hydrogens is 424 g/mol. The van der Waals surface area contributed by atoms with Crippen molar-refractivity contribution in [3.8, 4) is 10.7 Å². The van der Waals surface area contributed by atoms with Crippen LogP contribution < -0.4 is 5.32 Å². The molecule has 1 atom stereocenters. The molecule has 1 aromatic carbocycles. The summed E-state index contributed by atoms with van der Waals surface area (Å²) in [4.78, 5) is 20.3. The molecule has 4 heterocycles. The first-order chi connectivity index (χ1) is 15.6. The average Bonchev–Trinajstić information content (AvgIpc) is 3.59. The average molecular weight is 447 g/mol. The highest BCUT2D eigenvalue weighted by molar-refractivity contribution is 7.13. The number of carbonyl (C=O) groups excluding carboxylic acids is 1. The van der Waals surface area contributed by atoms with Gasteiger partial charge in [0.25, 0.3) is 5.89 Å². The molecule has 4 aromatic rings. The van der Waals surface area contributed by atoms with Crippen molar-refractivity contribution in [2.75, 3.05) is 0 Å². The number of aromatic nitrogens is 2. The van der Waals surface area contributed by atoms with Crippen LogP contribution in [0.3, 0.4) is 0 Å². The molecule has 1 unspecified atom stereocenters. The van der Waals surface area contributed by atoms with Crippen molar-refractivity contribution < 1.29 is 13.7 Å². The van der Waals surface area contributed by atoms with E-state index in [9.17, 15) is 4.79 Å². The van der Waals surface area contributed by atoms with Crippen LogP contribution in [0.4, 0.5) is 4.79 Å². The number of allylic oxidation sites excluding steroid dienone is 1. The summed E-state index contributed by atoms with van der Waals surface area (Å²) >= 11 is 1.55. The molecule has 2 amide bonds. The van der Waals surface area contributed by atoms with Gasteiger partial charge in [0.2, 0.25) is 5.82 Å². The Bertz CT molecular complexity index is 1240. The van der Waals surface area contributed by atoms with Crippen LogP contribution in [-0.4, -0.2) is 21.1 Å². The predicted octanol–water partition coefficient (Wildman–Crippen LogP) is 5.65. The zero-order valence-corrected chi connectivity index (χ0v) is 18.6. The van der Waals surface area contributed by atoms with E-state index in [4.69, 9.17) is 8.94 Å². The molecule has 0 spiro atoms. The van der Waals surface area contributed by atoms with Crippen LogP contribution in [0.2, 0.25) is 0 Å². The van der Waals surface area contributed by atoms with Crippen molar-refractivity contribution in [1.82, 2.24) is 20.4 Å². The maximum Gasteiger partial charge on any atom is 0.322 e. The lowest BCUT2D eigenvalue weighted by atomic mass is 9.93. The molecule has 0 bridgehead atoms. The van der Waals surface area contributed by atoms with E-state index in [1.54, 1.807) is 28.6 Å². The first-order valence-corrected chi connectivity index (χ1v) is 11.3. The topological polar surface area (TPSA) is 84.4 Å². The third-order valence-corrected chi connectivity index (χ3v) is 6.48. The quantitative estimate of drug-likeness (QED) is 0.414. The molecule has 0 fully saturated rings. The first-order valence-electron chi connectivity index (χ1n) is 10.4. The Kier molecular flexibility index (Phi) is 5.36. The number of aryl methyl sites for hydroxylation is 1. The molecule has 8 heteroatoms. The predicted molar refractivity (Wildman–Crippen MR) is 122 cm³/mol. The zero-order chi connectivity index (χ0) is 22.1. The number of furan rings is 1. The molecule has 1 N–H and O–H groups in total. The lowest BCUT2D eigenvalue weighted by Crippen LogP contribution is -2.45. The lowest BCUT2D eigenvalue weighted by Gasteiger charge is -2.34. The minimum Gasteiger partial charge on any atom is -0.467 e. The van der Waals surface area contributed by atoms with Crippen LogP contribution in [0, 0.1) is 0 Å². The Morgan fingerprint density at radius 3 is 2.69 bits per heavy atom. The number of hydrogen-bond donors (Lipinski definition) is 1. The van der Waals surface area contributed by atoms with Crippen molar-refractivity contribution in [3.05, 3.63) is 88.6 Å². The smallest absolute Gasteiger partial charge is 0.322 e. The van der Waals surface area contributed by atoms with Gasteiger partial charge in [-0.25, -0.2) is 4.79 Å². The van der Waals surface area contributed by atoms with Gasteiger partial charge in [-0.1, -0.05) is 42.4 Å². The van der Waals surface area contributed by atoms with Crippen LogP contribution in [0.25, 0.3) is 16.3 Å². The number of thiophene rings is 1. The molecule has 0 saturated carbocycles. The molecule has 0 radical (unpaired) electrons. The van der Waals surface area contributed by atoms with Gasteiger partial charge >= 0.3 is 6.03 Å². The fourth-order valence-corrected chi connectivity index (χ4v) is 4.49. The maximum absolute atomic E-state index is 13.1. The maximum atomic E-state index is 13.1. The molecule has 7 nitrogen and oxygen atoms in total. The summed E-state index contributed by atoms with van der Waals surface area (Å²) in [5.74, 6) is 1.61. The fourth-order valence-electron chi connectivity index (χ4n) is 3.84. The molecule has 32 heavy (non-hydrogen) atoms. The van der Waals surface area contributed by atoms with E-state index in [0.717, 1.165) is 28.1 Å². The molecule has 1 aliphatic heterocycles. The van der Waals surface area contributed by atoms with Crippen molar-refractivity contribution in [1.29, 1.82) is 0 Å². The standard InChI is InChI=1S/C24H22N4O3S/c1-3-16-8-10-17(11-9-16)21-20(23-26-22(27-31-23)19-7-5-13-32-19)15(2)28(24(29)25-21)14-18-6-4-12-30-18/h4-13,21H,3,14H2,1-2H3,(H,25,29). The second-order valence-corrected chi connectivity index (χ2v) is 8.49. The molecule has 162 valence electrons. The molecule has 0 saturated heterocycles. The van der Waals surface area contributed by atoms with Crippen molar-refractivity contribution in [2.24, 2.45) is 0 Å². The van der Waals surface area contributed by atoms with Crippen molar-refractivity contribution in [3.63, 3.8) is 0 Å². The molecule has 3 aromatic heterocycles. The van der Waals surface area contributed by atoms with Gasteiger partial charge in [0.1, 0.15) is 5.76 Å². The number of urea groups is 1. The Balaban J connectivity index is 1.59. The highest BCUT2D eigenvalue weighted by atomic mass is 32.1. The number of nitrogens with one attached hydrogen (secondary N) is 1. The van der Waals surface area contributed by atoms with E-state index in [1.807, 2.05) is 42.6 Å². The highest BCUT2D eigenvalue weighted by Gasteiger charge is 2.36. The Morgan fingerprint density at radius 1 is 1.16 bits per heavy atom. The largest absolute Gasteiger partial charge is 0.467 e. The zero-order valence-electron chi connectivity index (χ0n) is 17.7. The van der Waals surface area contributed by atoms with Gasteiger partial charge < -0.3 is 14.3 Å². The molecule has 1 aliphatic rings. The number of benzene rings is 1. The van der Waals surface area contributed by atoms with Crippen LogP contribution in [-0.2, 0) is 13.0 Å². The Labute approximate surface area is 189 Å². The molecule has 5 rings (SSSR count). The number of amides is 2. The minimum atomic E-state index is -0.405. The van der Waals surface area contributed by atoms with Gasteiger partial charge in [0.15, 0.2) is 0 Å². The third kappa shape index (κ3) is 3.73. The third-order valence-electron chi connectivity index (χ3n) is 5.61. The summed E-state index contributed by atoms with van der Waals surface area (Å²) in [6.45, 7) is 4.32. The summed E-state index contributed by atoms with van der Waals surface area (Å²) in [5.41, 5.74) is 3.71. The van der Waals surface area contributed by atoms with E-state index in [-0.39, 0.29) is 6.03 Å². The van der Waals surface area contributed by atoms with Gasteiger partial charge in [-0.05, 0) is 48.1 Å². The summed E-state index contributed by atoms with van der Waals surface area (Å²) in [5, 5.41) is 9.27. The van der Waals surface area contributed by atoms with Crippen LogP contribution >= 0.6 is 11.3 Å². The number of nitrogens with zero attached hydrogens (tertiary/aromatic N) is 3. The van der Waals surface area contributed by atoms with E-state index in [2.05, 4.69) is 34.5 Å². The fraction of sp³-hybridized carbons (Fsp3) is 0.208. The van der Waals surface area contributed by atoms with Crippen LogP contribution in [0.5, 0.6) is 0 Å². The van der Waals surface area contributed by atoms with Gasteiger partial charge in [-0.15, -0.1) is 11.3 Å². The SMILES string of the molecule is CCc1ccc(C2NC(=O)N(Cc3ccco3)C(C)=C2c2nc(-c3cccs3)no2)cc1. The minimum absolute atomic E-state index is 0.204. The van der Waals surface area contributed by atoms with Crippen LogP contribution in [0.1, 0.15) is 42.7 Å². The number of carbonyl (C=O) groups is 1. The second-order valence-electron chi connectivity index (χ2n) is 7.54. The highest BCUT2D eigenvalue weighted by Crippen LogP contribution is 2.38. The second kappa shape index (κ2) is 8.47. The van der Waals surface area contributed by atoms with Gasteiger partial charge in [-0.2, -0.15) is 4.98 Å². The van der Waals surface area contributed by atoms with Crippen molar-refractivity contribution >= 4 is 22.9 Å². The van der Waals surface area contributed by atoms with Gasteiger partial charge in [-0.3, -0.25) is 4.90 Å². The molecule has 0 aliphatic carbocycles. The van der Waals surface area contributed by atoms with Crippen LogP contribution in [0.15, 0.2) is 74.8 Å². The summed E-state index contributed by atoms with van der Waals surface area (Å²) < 4.78 is 11.2. The van der Waals surface area contributed by atoms with Crippen molar-refractivity contribution in [2.45, 2.75) is 32.9 Å². The summed E-state index contributed by atoms with van der Waals surface area (Å²) in [6, 6.07) is 15.2. The summed E-state index contributed by atoms with van der Waals surface area (Å²) in [6.07, 6.45) is 2.55. The first kappa shape index (κ1) is 20.3. The van der Waals surface area contributed by atoms with Gasteiger partial charge in [0, 0.05) is 5.70 Å². The number of rotatable bonds is 6. The lowest BCUT2D eigenvalue weighted by molar-refractivity contribution is 0.199. The van der Waals surface area contributed by atoms with E-state index in [0.29, 0.717) is 24.0 Å². The monoisotopic (exact) mass is 446 g/mol. The Morgan fingerprint density at radius 2 is 2.00 bits per heavy atom. The Hall–Kier alpha value is -3.65. The molecular formula is C24H22N4O3S. The normalized spacial score (nSPS) is 16.5. The van der Waals surface area contributed by atoms with Gasteiger partial charge in [0.05, 0.1) is 29.3 Å². The summed E-state index contributed by atoms with van der Waals surface area (Å²) in [7, 11) is 0.